The third-order valence-corrected chi connectivity index (χ3v) is 3.32. The molecule has 0 aliphatic rings. The molecular weight excluding hydrogens is 226 g/mol. The average molecular weight is 238 g/mol. The van der Waals surface area contributed by atoms with E-state index < -0.39 is 0 Å². The highest BCUT2D eigenvalue weighted by Gasteiger charge is 1.97. The van der Waals surface area contributed by atoms with Crippen LogP contribution < -0.4 is 5.32 Å². The number of hydrogen-bond donors (Lipinski definition) is 1. The van der Waals surface area contributed by atoms with Gasteiger partial charge in [0.2, 0.25) is 0 Å². The van der Waals surface area contributed by atoms with Crippen molar-refractivity contribution in [1.82, 2.24) is 0 Å². The van der Waals surface area contributed by atoms with Crippen LogP contribution in [0.15, 0.2) is 36.4 Å². The standard InChI is InChI=1S/C12H12ClNS/c1-9-5-6-12(15-9)8-14-11-4-2-3-10(13)7-11/h2-7,14H,8H2,1H3. The lowest BCUT2D eigenvalue weighted by Crippen LogP contribution is -1.96. The summed E-state index contributed by atoms with van der Waals surface area (Å²) in [4.78, 5) is 2.69. The minimum Gasteiger partial charge on any atom is -0.380 e. The van der Waals surface area contributed by atoms with E-state index in [1.807, 2.05) is 35.6 Å². The smallest absolute Gasteiger partial charge is 0.0494 e. The number of aryl methyl sites for hydroxylation is 1. The molecule has 0 atom stereocenters. The summed E-state index contributed by atoms with van der Waals surface area (Å²) in [6.45, 7) is 2.98. The van der Waals surface area contributed by atoms with E-state index >= 15 is 0 Å². The van der Waals surface area contributed by atoms with E-state index in [4.69, 9.17) is 11.6 Å². The Labute approximate surface area is 98.7 Å². The zero-order valence-electron chi connectivity index (χ0n) is 8.46. The summed E-state index contributed by atoms with van der Waals surface area (Å²) >= 11 is 7.71. The van der Waals surface area contributed by atoms with Gasteiger partial charge in [-0.3, -0.25) is 0 Å². The molecule has 1 N–H and O–H groups in total. The van der Waals surface area contributed by atoms with Gasteiger partial charge < -0.3 is 5.32 Å². The SMILES string of the molecule is Cc1ccc(CNc2cccc(Cl)c2)s1. The molecule has 0 fully saturated rings. The van der Waals surface area contributed by atoms with Crippen LogP contribution in [0.3, 0.4) is 0 Å². The maximum absolute atomic E-state index is 5.89. The number of thiophene rings is 1. The highest BCUT2D eigenvalue weighted by molar-refractivity contribution is 7.11. The van der Waals surface area contributed by atoms with Gasteiger partial charge in [-0.05, 0) is 37.3 Å². The van der Waals surface area contributed by atoms with E-state index in [2.05, 4.69) is 24.4 Å². The van der Waals surface area contributed by atoms with Crippen LogP contribution in [-0.2, 0) is 6.54 Å². The number of hydrogen-bond acceptors (Lipinski definition) is 2. The molecule has 2 rings (SSSR count). The Morgan fingerprint density at radius 2 is 2.13 bits per heavy atom. The Kier molecular flexibility index (Phi) is 3.29. The summed E-state index contributed by atoms with van der Waals surface area (Å²) < 4.78 is 0. The monoisotopic (exact) mass is 237 g/mol. The third-order valence-electron chi connectivity index (χ3n) is 2.09. The summed E-state index contributed by atoms with van der Waals surface area (Å²) in [5.74, 6) is 0. The first-order valence-electron chi connectivity index (χ1n) is 4.79. The second-order valence-corrected chi connectivity index (χ2v) is 5.19. The molecule has 1 aromatic heterocycles. The fourth-order valence-corrected chi connectivity index (χ4v) is 2.39. The summed E-state index contributed by atoms with van der Waals surface area (Å²) in [7, 11) is 0. The zero-order valence-corrected chi connectivity index (χ0v) is 10.0. The van der Waals surface area contributed by atoms with Crippen molar-refractivity contribution in [1.29, 1.82) is 0 Å². The lowest BCUT2D eigenvalue weighted by atomic mass is 10.3. The van der Waals surface area contributed by atoms with Crippen LogP contribution in [-0.4, -0.2) is 0 Å². The maximum atomic E-state index is 5.89. The van der Waals surface area contributed by atoms with Crippen molar-refractivity contribution in [3.8, 4) is 0 Å². The van der Waals surface area contributed by atoms with E-state index in [-0.39, 0.29) is 0 Å². The first-order chi connectivity index (χ1) is 7.24. The first kappa shape index (κ1) is 10.5. The maximum Gasteiger partial charge on any atom is 0.0494 e. The fraction of sp³-hybridized carbons (Fsp3) is 0.167. The van der Waals surface area contributed by atoms with Gasteiger partial charge in [-0.1, -0.05) is 17.7 Å². The van der Waals surface area contributed by atoms with Gasteiger partial charge in [-0.2, -0.15) is 0 Å². The highest BCUT2D eigenvalue weighted by Crippen LogP contribution is 2.19. The van der Waals surface area contributed by atoms with Gasteiger partial charge >= 0.3 is 0 Å². The van der Waals surface area contributed by atoms with Crippen molar-refractivity contribution in [2.75, 3.05) is 5.32 Å². The van der Waals surface area contributed by atoms with Gasteiger partial charge in [0.05, 0.1) is 0 Å². The average Bonchev–Trinajstić information content (AvgIpc) is 2.62. The first-order valence-corrected chi connectivity index (χ1v) is 5.98. The lowest BCUT2D eigenvalue weighted by molar-refractivity contribution is 1.19. The number of rotatable bonds is 3. The predicted molar refractivity (Wildman–Crippen MR) is 67.8 cm³/mol. The van der Waals surface area contributed by atoms with Gasteiger partial charge in [-0.15, -0.1) is 11.3 Å². The van der Waals surface area contributed by atoms with Gasteiger partial charge in [0, 0.05) is 27.0 Å². The van der Waals surface area contributed by atoms with Crippen LogP contribution in [0.2, 0.25) is 5.02 Å². The molecule has 0 amide bonds. The van der Waals surface area contributed by atoms with Crippen LogP contribution in [0.4, 0.5) is 5.69 Å². The summed E-state index contributed by atoms with van der Waals surface area (Å²) in [5, 5.41) is 4.11. The second-order valence-electron chi connectivity index (χ2n) is 3.38. The van der Waals surface area contributed by atoms with E-state index in [1.165, 1.54) is 9.75 Å². The van der Waals surface area contributed by atoms with Gasteiger partial charge in [0.15, 0.2) is 0 Å². The summed E-state index contributed by atoms with van der Waals surface area (Å²) in [6.07, 6.45) is 0. The highest BCUT2D eigenvalue weighted by atomic mass is 35.5. The van der Waals surface area contributed by atoms with Crippen molar-refractivity contribution >= 4 is 28.6 Å². The Hall–Kier alpha value is -0.990. The summed E-state index contributed by atoms with van der Waals surface area (Å²) in [5.41, 5.74) is 1.06. The molecule has 0 radical (unpaired) electrons. The number of anilines is 1. The van der Waals surface area contributed by atoms with Crippen molar-refractivity contribution in [3.63, 3.8) is 0 Å². The van der Waals surface area contributed by atoms with Crippen LogP contribution in [0.1, 0.15) is 9.75 Å². The molecule has 3 heteroatoms. The van der Waals surface area contributed by atoms with E-state index in [9.17, 15) is 0 Å². The van der Waals surface area contributed by atoms with Crippen molar-refractivity contribution < 1.29 is 0 Å². The lowest BCUT2D eigenvalue weighted by Gasteiger charge is -2.04. The Morgan fingerprint density at radius 3 is 2.80 bits per heavy atom. The topological polar surface area (TPSA) is 12.0 Å². The molecule has 0 spiro atoms. The number of halogens is 1. The van der Waals surface area contributed by atoms with Crippen LogP contribution in [0.25, 0.3) is 0 Å². The molecule has 78 valence electrons. The Morgan fingerprint density at radius 1 is 1.27 bits per heavy atom. The number of benzene rings is 1. The van der Waals surface area contributed by atoms with Crippen LogP contribution in [0, 0.1) is 6.92 Å². The molecule has 0 saturated carbocycles. The third kappa shape index (κ3) is 2.98. The van der Waals surface area contributed by atoms with Gasteiger partial charge in [0.25, 0.3) is 0 Å². The van der Waals surface area contributed by atoms with E-state index in [0.29, 0.717) is 0 Å². The predicted octanol–water partition coefficient (Wildman–Crippen LogP) is 4.32. The Balaban J connectivity index is 1.99. The van der Waals surface area contributed by atoms with Crippen molar-refractivity contribution in [2.45, 2.75) is 13.5 Å². The molecule has 0 saturated heterocycles. The molecule has 1 heterocycles. The minimum absolute atomic E-state index is 0.766. The fourth-order valence-electron chi connectivity index (χ4n) is 1.37. The molecule has 0 unspecified atom stereocenters. The molecule has 15 heavy (non-hydrogen) atoms. The molecule has 0 bridgehead atoms. The van der Waals surface area contributed by atoms with Crippen molar-refractivity contribution in [2.24, 2.45) is 0 Å². The molecule has 1 nitrogen and oxygen atoms in total. The molecule has 1 aromatic carbocycles. The van der Waals surface area contributed by atoms with Crippen molar-refractivity contribution in [3.05, 3.63) is 51.2 Å². The summed E-state index contributed by atoms with van der Waals surface area (Å²) in [6, 6.07) is 12.1. The quantitative estimate of drug-likeness (QED) is 0.838. The van der Waals surface area contributed by atoms with Gasteiger partial charge in [0.1, 0.15) is 0 Å². The number of nitrogens with one attached hydrogen (secondary N) is 1. The second kappa shape index (κ2) is 4.69. The largest absolute Gasteiger partial charge is 0.380 e. The normalized spacial score (nSPS) is 10.3. The van der Waals surface area contributed by atoms with Crippen LogP contribution >= 0.6 is 22.9 Å². The van der Waals surface area contributed by atoms with E-state index in [1.54, 1.807) is 0 Å². The van der Waals surface area contributed by atoms with E-state index in [0.717, 1.165) is 17.3 Å². The molecule has 2 aromatic rings. The minimum atomic E-state index is 0.766. The van der Waals surface area contributed by atoms with Crippen LogP contribution in [0.5, 0.6) is 0 Å². The zero-order chi connectivity index (χ0) is 10.7. The molecular formula is C12H12ClNS. The Bertz CT molecular complexity index is 450. The van der Waals surface area contributed by atoms with Gasteiger partial charge in [-0.25, -0.2) is 0 Å². The molecule has 0 aliphatic heterocycles. The molecule has 0 aliphatic carbocycles.